The lowest BCUT2D eigenvalue weighted by Crippen LogP contribution is -2.18. The first-order chi connectivity index (χ1) is 9.30. The number of benzene rings is 1. The SMILES string of the molecule is C=CCn1c(CCNCC)nc2cc(OC)ccc21. The Kier molecular flexibility index (Phi) is 4.58. The molecule has 19 heavy (non-hydrogen) atoms. The van der Waals surface area contributed by atoms with Crippen LogP contribution in [0.1, 0.15) is 12.7 Å². The number of methoxy groups -OCH3 is 1. The highest BCUT2D eigenvalue weighted by molar-refractivity contribution is 5.77. The lowest BCUT2D eigenvalue weighted by Gasteiger charge is -2.06. The predicted octanol–water partition coefficient (Wildman–Crippen LogP) is 2.38. The largest absolute Gasteiger partial charge is 0.497 e. The molecule has 0 bridgehead atoms. The van der Waals surface area contributed by atoms with Crippen molar-refractivity contribution in [1.29, 1.82) is 0 Å². The molecule has 0 saturated carbocycles. The van der Waals surface area contributed by atoms with Crippen molar-refractivity contribution in [3.05, 3.63) is 36.7 Å². The molecule has 0 saturated heterocycles. The summed E-state index contributed by atoms with van der Waals surface area (Å²) in [6, 6.07) is 6.00. The number of nitrogens with zero attached hydrogens (tertiary/aromatic N) is 2. The molecule has 0 aliphatic rings. The molecular weight excluding hydrogens is 238 g/mol. The van der Waals surface area contributed by atoms with Crippen LogP contribution in [-0.4, -0.2) is 29.8 Å². The fraction of sp³-hybridized carbons (Fsp3) is 0.400. The maximum Gasteiger partial charge on any atom is 0.121 e. The molecule has 0 aliphatic heterocycles. The van der Waals surface area contributed by atoms with E-state index in [-0.39, 0.29) is 0 Å². The summed E-state index contributed by atoms with van der Waals surface area (Å²) < 4.78 is 7.46. The molecule has 4 heteroatoms. The quantitative estimate of drug-likeness (QED) is 0.613. The predicted molar refractivity (Wildman–Crippen MR) is 78.7 cm³/mol. The Morgan fingerprint density at radius 3 is 3.00 bits per heavy atom. The fourth-order valence-corrected chi connectivity index (χ4v) is 2.19. The van der Waals surface area contributed by atoms with E-state index < -0.39 is 0 Å². The molecule has 1 aromatic carbocycles. The van der Waals surface area contributed by atoms with Gasteiger partial charge in [-0.3, -0.25) is 0 Å². The molecule has 2 aromatic rings. The highest BCUT2D eigenvalue weighted by atomic mass is 16.5. The van der Waals surface area contributed by atoms with Gasteiger partial charge in [0.2, 0.25) is 0 Å². The normalized spacial score (nSPS) is 10.8. The van der Waals surface area contributed by atoms with Crippen molar-refractivity contribution < 1.29 is 4.74 Å². The molecule has 4 nitrogen and oxygen atoms in total. The van der Waals surface area contributed by atoms with Crippen molar-refractivity contribution in [2.24, 2.45) is 0 Å². The number of hydrogen-bond acceptors (Lipinski definition) is 3. The van der Waals surface area contributed by atoms with Gasteiger partial charge >= 0.3 is 0 Å². The second kappa shape index (κ2) is 6.38. The first-order valence-electron chi connectivity index (χ1n) is 6.65. The van der Waals surface area contributed by atoms with Crippen LogP contribution in [0.5, 0.6) is 5.75 Å². The van der Waals surface area contributed by atoms with Gasteiger partial charge in [-0.25, -0.2) is 4.98 Å². The van der Waals surface area contributed by atoms with Crippen LogP contribution in [0, 0.1) is 0 Å². The maximum atomic E-state index is 5.25. The van der Waals surface area contributed by atoms with Crippen LogP contribution in [0.4, 0.5) is 0 Å². The summed E-state index contributed by atoms with van der Waals surface area (Å²) in [5, 5.41) is 3.33. The highest BCUT2D eigenvalue weighted by Gasteiger charge is 2.10. The van der Waals surface area contributed by atoms with Gasteiger partial charge in [0, 0.05) is 25.6 Å². The Bertz CT molecular complexity index is 560. The van der Waals surface area contributed by atoms with Gasteiger partial charge in [0.25, 0.3) is 0 Å². The zero-order valence-electron chi connectivity index (χ0n) is 11.6. The summed E-state index contributed by atoms with van der Waals surface area (Å²) in [6.07, 6.45) is 2.82. The standard InChI is InChI=1S/C15H21N3O/c1-4-10-18-14-7-6-12(19-3)11-13(14)17-15(18)8-9-16-5-2/h4,6-7,11,16H,1,5,8-10H2,2-3H3. The van der Waals surface area contributed by atoms with Crippen molar-refractivity contribution in [1.82, 2.24) is 14.9 Å². The van der Waals surface area contributed by atoms with E-state index in [0.29, 0.717) is 0 Å². The Hall–Kier alpha value is -1.81. The molecule has 0 radical (unpaired) electrons. The molecule has 0 aliphatic carbocycles. The van der Waals surface area contributed by atoms with Gasteiger partial charge < -0.3 is 14.6 Å². The minimum Gasteiger partial charge on any atom is -0.497 e. The molecule has 0 atom stereocenters. The third-order valence-corrected chi connectivity index (χ3v) is 3.12. The fourth-order valence-electron chi connectivity index (χ4n) is 2.19. The number of rotatable bonds is 7. The Morgan fingerprint density at radius 2 is 2.32 bits per heavy atom. The van der Waals surface area contributed by atoms with Crippen LogP contribution >= 0.6 is 0 Å². The smallest absolute Gasteiger partial charge is 0.121 e. The number of ether oxygens (including phenoxy) is 1. The van der Waals surface area contributed by atoms with Crippen molar-refractivity contribution >= 4 is 11.0 Å². The molecule has 0 spiro atoms. The second-order valence-electron chi connectivity index (χ2n) is 4.39. The van der Waals surface area contributed by atoms with Crippen LogP contribution in [0.3, 0.4) is 0 Å². The van der Waals surface area contributed by atoms with E-state index in [2.05, 4.69) is 29.5 Å². The molecule has 1 aromatic heterocycles. The highest BCUT2D eigenvalue weighted by Crippen LogP contribution is 2.22. The van der Waals surface area contributed by atoms with Gasteiger partial charge in [0.1, 0.15) is 11.6 Å². The number of aromatic nitrogens is 2. The second-order valence-corrected chi connectivity index (χ2v) is 4.39. The summed E-state index contributed by atoms with van der Waals surface area (Å²) in [5.74, 6) is 1.93. The molecule has 1 N–H and O–H groups in total. The van der Waals surface area contributed by atoms with Crippen molar-refractivity contribution in [2.75, 3.05) is 20.2 Å². The van der Waals surface area contributed by atoms with E-state index in [1.165, 1.54) is 0 Å². The molecular formula is C15H21N3O. The number of imidazole rings is 1. The summed E-state index contributed by atoms with van der Waals surface area (Å²) in [5.41, 5.74) is 2.11. The van der Waals surface area contributed by atoms with Gasteiger partial charge in [-0.05, 0) is 18.7 Å². The summed E-state index contributed by atoms with van der Waals surface area (Å²) in [6.45, 7) is 8.64. The van der Waals surface area contributed by atoms with Crippen molar-refractivity contribution in [3.63, 3.8) is 0 Å². The van der Waals surface area contributed by atoms with Crippen LogP contribution in [0.25, 0.3) is 11.0 Å². The zero-order chi connectivity index (χ0) is 13.7. The van der Waals surface area contributed by atoms with Gasteiger partial charge in [-0.2, -0.15) is 0 Å². The van der Waals surface area contributed by atoms with Gasteiger partial charge in [-0.1, -0.05) is 13.0 Å². The third-order valence-electron chi connectivity index (χ3n) is 3.12. The van der Waals surface area contributed by atoms with Gasteiger partial charge in [0.15, 0.2) is 0 Å². The summed E-state index contributed by atoms with van der Waals surface area (Å²) >= 11 is 0. The molecule has 1 heterocycles. The van der Waals surface area contributed by atoms with Gasteiger partial charge in [0.05, 0.1) is 18.1 Å². The Labute approximate surface area is 114 Å². The lowest BCUT2D eigenvalue weighted by molar-refractivity contribution is 0.415. The number of fused-ring (bicyclic) bond motifs is 1. The number of nitrogens with one attached hydrogen (secondary N) is 1. The first kappa shape index (κ1) is 13.6. The minimum absolute atomic E-state index is 0.782. The topological polar surface area (TPSA) is 39.1 Å². The van der Waals surface area contributed by atoms with E-state index in [1.54, 1.807) is 7.11 Å². The average Bonchev–Trinajstić information content (AvgIpc) is 2.77. The maximum absolute atomic E-state index is 5.25. The molecule has 2 rings (SSSR count). The minimum atomic E-state index is 0.782. The third kappa shape index (κ3) is 2.96. The number of likely N-dealkylation sites (N-methyl/N-ethyl adjacent to an activating group) is 1. The van der Waals surface area contributed by atoms with Gasteiger partial charge in [-0.15, -0.1) is 6.58 Å². The van der Waals surface area contributed by atoms with E-state index in [0.717, 1.165) is 48.7 Å². The molecule has 0 fully saturated rings. The summed E-state index contributed by atoms with van der Waals surface area (Å²) in [4.78, 5) is 4.71. The first-order valence-corrected chi connectivity index (χ1v) is 6.65. The van der Waals surface area contributed by atoms with Crippen molar-refractivity contribution in [3.8, 4) is 5.75 Å². The molecule has 102 valence electrons. The Morgan fingerprint density at radius 1 is 1.47 bits per heavy atom. The van der Waals surface area contributed by atoms with Crippen LogP contribution in [0.2, 0.25) is 0 Å². The molecule has 0 amide bonds. The molecule has 0 unspecified atom stereocenters. The van der Waals surface area contributed by atoms with E-state index in [4.69, 9.17) is 9.72 Å². The average molecular weight is 259 g/mol. The van der Waals surface area contributed by atoms with Crippen molar-refractivity contribution in [2.45, 2.75) is 19.9 Å². The van der Waals surface area contributed by atoms with Crippen LogP contribution in [-0.2, 0) is 13.0 Å². The van der Waals surface area contributed by atoms with E-state index in [9.17, 15) is 0 Å². The zero-order valence-corrected chi connectivity index (χ0v) is 11.6. The number of allylic oxidation sites excluding steroid dienone is 1. The lowest BCUT2D eigenvalue weighted by atomic mass is 10.3. The number of hydrogen-bond donors (Lipinski definition) is 1. The van der Waals surface area contributed by atoms with Crippen LogP contribution < -0.4 is 10.1 Å². The van der Waals surface area contributed by atoms with Crippen LogP contribution in [0.15, 0.2) is 30.9 Å². The van der Waals surface area contributed by atoms with E-state index >= 15 is 0 Å². The summed E-state index contributed by atoms with van der Waals surface area (Å²) in [7, 11) is 1.67. The monoisotopic (exact) mass is 259 g/mol. The van der Waals surface area contributed by atoms with E-state index in [1.807, 2.05) is 18.2 Å². The Balaban J connectivity index is 2.37.